The number of aryl methyl sites for hydroxylation is 1. The van der Waals surface area contributed by atoms with Crippen LogP contribution >= 0.6 is 11.8 Å². The number of likely N-dealkylation sites (tertiary alicyclic amines) is 1. The molecule has 2 saturated heterocycles. The van der Waals surface area contributed by atoms with E-state index in [-0.39, 0.29) is 5.56 Å². The number of aromatic carboxylic acids is 1. The summed E-state index contributed by atoms with van der Waals surface area (Å²) in [6, 6.07) is 15.8. The number of piperidine rings is 1. The molecule has 2 aliphatic heterocycles. The molecule has 1 aromatic heterocycles. The fourth-order valence-corrected chi connectivity index (χ4v) is 6.77. The normalized spacial score (nSPS) is 19.6. The van der Waals surface area contributed by atoms with Gasteiger partial charge in [-0.1, -0.05) is 30.3 Å². The number of carboxylic acids is 1. The largest absolute Gasteiger partial charge is 0.491 e. The lowest BCUT2D eigenvalue weighted by atomic mass is 9.89. The zero-order valence-corrected chi connectivity index (χ0v) is 20.5. The second-order valence-corrected chi connectivity index (χ2v) is 10.7. The highest BCUT2D eigenvalue weighted by atomic mass is 32.2. The van der Waals surface area contributed by atoms with Crippen LogP contribution in [0.25, 0.3) is 10.9 Å². The van der Waals surface area contributed by atoms with E-state index in [1.54, 1.807) is 18.2 Å². The Morgan fingerprint density at radius 2 is 1.82 bits per heavy atom. The van der Waals surface area contributed by atoms with Crippen LogP contribution in [0.15, 0.2) is 54.7 Å². The lowest BCUT2D eigenvalue weighted by molar-refractivity contribution is 0.0691. The summed E-state index contributed by atoms with van der Waals surface area (Å²) in [4.78, 5) is 13.8. The van der Waals surface area contributed by atoms with Crippen LogP contribution in [-0.2, 0) is 6.54 Å². The van der Waals surface area contributed by atoms with Gasteiger partial charge in [-0.2, -0.15) is 11.8 Å². The maximum atomic E-state index is 11.4. The van der Waals surface area contributed by atoms with Crippen molar-refractivity contribution in [2.45, 2.75) is 38.1 Å². The van der Waals surface area contributed by atoms with Crippen LogP contribution in [0.4, 0.5) is 0 Å². The Morgan fingerprint density at radius 3 is 2.62 bits per heavy atom. The highest BCUT2D eigenvalue weighted by Gasteiger charge is 2.24. The molecule has 0 saturated carbocycles. The van der Waals surface area contributed by atoms with E-state index in [2.05, 4.69) is 51.7 Å². The molecule has 5 rings (SSSR count). The SMILES string of the molecule is O=C(O)c1ccccc1OCCN1CCC(c2cn(CCC3CCSC3)c3ccccc23)CC1. The molecule has 34 heavy (non-hydrogen) atoms. The number of benzene rings is 2. The fraction of sp³-hybridized carbons (Fsp3) is 0.464. The predicted octanol–water partition coefficient (Wildman–Crippen LogP) is 5.74. The van der Waals surface area contributed by atoms with Crippen LogP contribution in [0.2, 0.25) is 0 Å². The summed E-state index contributed by atoms with van der Waals surface area (Å²) in [5.41, 5.74) is 3.13. The minimum Gasteiger partial charge on any atom is -0.491 e. The van der Waals surface area contributed by atoms with E-state index < -0.39 is 5.97 Å². The number of nitrogens with zero attached hydrogens (tertiary/aromatic N) is 2. The zero-order valence-electron chi connectivity index (χ0n) is 19.7. The average Bonchev–Trinajstić information content (AvgIpc) is 3.52. The summed E-state index contributed by atoms with van der Waals surface area (Å²) in [6.07, 6.45) is 7.41. The van der Waals surface area contributed by atoms with Gasteiger partial charge in [-0.25, -0.2) is 4.79 Å². The molecular weight excluding hydrogens is 444 g/mol. The fourth-order valence-electron chi connectivity index (χ4n) is 5.44. The number of carbonyl (C=O) groups is 1. The van der Waals surface area contributed by atoms with Crippen LogP contribution in [0, 0.1) is 5.92 Å². The molecule has 3 aromatic rings. The molecule has 1 unspecified atom stereocenters. The molecule has 2 fully saturated rings. The van der Waals surface area contributed by atoms with Crippen molar-refractivity contribution in [2.75, 3.05) is 37.7 Å². The van der Waals surface area contributed by atoms with Gasteiger partial charge in [0.05, 0.1) is 0 Å². The first-order chi connectivity index (χ1) is 16.7. The van der Waals surface area contributed by atoms with E-state index >= 15 is 0 Å². The van der Waals surface area contributed by atoms with Crippen LogP contribution in [0.3, 0.4) is 0 Å². The van der Waals surface area contributed by atoms with Gasteiger partial charge in [-0.05, 0) is 85.9 Å². The van der Waals surface area contributed by atoms with Gasteiger partial charge < -0.3 is 14.4 Å². The number of rotatable bonds is 9. The molecule has 0 amide bonds. The number of hydrogen-bond donors (Lipinski definition) is 1. The Kier molecular flexibility index (Phi) is 7.45. The van der Waals surface area contributed by atoms with Crippen molar-refractivity contribution in [1.82, 2.24) is 9.47 Å². The van der Waals surface area contributed by atoms with Crippen molar-refractivity contribution in [1.29, 1.82) is 0 Å². The molecule has 2 aromatic carbocycles. The highest BCUT2D eigenvalue weighted by molar-refractivity contribution is 7.99. The number of carboxylic acid groups (broad SMARTS) is 1. The standard InChI is InChI=1S/C28H34N2O3S/c31-28(32)24-6-2-4-8-27(24)33-17-16-29-13-10-22(11-14-29)25-19-30(15-9-21-12-18-34-20-21)26-7-3-1-5-23(25)26/h1-8,19,21-22H,9-18,20H2,(H,31,32). The van der Waals surface area contributed by atoms with Crippen LogP contribution < -0.4 is 4.74 Å². The van der Waals surface area contributed by atoms with Gasteiger partial charge in [-0.15, -0.1) is 0 Å². The maximum Gasteiger partial charge on any atom is 0.339 e. The Labute approximate surface area is 206 Å². The summed E-state index contributed by atoms with van der Waals surface area (Å²) in [5.74, 6) is 3.64. The third kappa shape index (κ3) is 5.28. The molecule has 1 N–H and O–H groups in total. The number of hydrogen-bond acceptors (Lipinski definition) is 4. The Morgan fingerprint density at radius 1 is 1.03 bits per heavy atom. The number of thioether (sulfide) groups is 1. The highest BCUT2D eigenvalue weighted by Crippen LogP contribution is 2.35. The van der Waals surface area contributed by atoms with Gasteiger partial charge in [-0.3, -0.25) is 4.90 Å². The molecule has 2 aliphatic rings. The van der Waals surface area contributed by atoms with Crippen LogP contribution in [0.5, 0.6) is 5.75 Å². The second kappa shape index (κ2) is 10.9. The minimum atomic E-state index is -0.947. The van der Waals surface area contributed by atoms with E-state index in [4.69, 9.17) is 4.74 Å². The molecule has 0 spiro atoms. The topological polar surface area (TPSA) is 54.7 Å². The van der Waals surface area contributed by atoms with Crippen molar-refractivity contribution < 1.29 is 14.6 Å². The van der Waals surface area contributed by atoms with Crippen molar-refractivity contribution in [3.8, 4) is 5.75 Å². The summed E-state index contributed by atoms with van der Waals surface area (Å²) in [5, 5.41) is 10.7. The lowest BCUT2D eigenvalue weighted by Gasteiger charge is -2.31. The van der Waals surface area contributed by atoms with Crippen molar-refractivity contribution in [2.24, 2.45) is 5.92 Å². The molecule has 6 heteroatoms. The first-order valence-electron chi connectivity index (χ1n) is 12.5. The van der Waals surface area contributed by atoms with Crippen molar-refractivity contribution >= 4 is 28.6 Å². The Bertz CT molecular complexity index is 1110. The number of para-hydroxylation sites is 2. The number of ether oxygens (including phenoxy) is 1. The summed E-state index contributed by atoms with van der Waals surface area (Å²) in [6.45, 7) is 4.55. The zero-order chi connectivity index (χ0) is 23.3. The van der Waals surface area contributed by atoms with Crippen molar-refractivity contribution in [3.05, 3.63) is 65.9 Å². The van der Waals surface area contributed by atoms with Gasteiger partial charge in [0.15, 0.2) is 0 Å². The maximum absolute atomic E-state index is 11.4. The minimum absolute atomic E-state index is 0.226. The second-order valence-electron chi connectivity index (χ2n) is 9.58. The van der Waals surface area contributed by atoms with Crippen LogP contribution in [0.1, 0.15) is 47.5 Å². The first kappa shape index (κ1) is 23.3. The van der Waals surface area contributed by atoms with E-state index in [0.717, 1.165) is 44.9 Å². The quantitative estimate of drug-likeness (QED) is 0.425. The van der Waals surface area contributed by atoms with Gasteiger partial charge in [0, 0.05) is 30.2 Å². The van der Waals surface area contributed by atoms with Gasteiger partial charge in [0.25, 0.3) is 0 Å². The summed E-state index contributed by atoms with van der Waals surface area (Å²) >= 11 is 2.11. The van der Waals surface area contributed by atoms with Crippen molar-refractivity contribution in [3.63, 3.8) is 0 Å². The van der Waals surface area contributed by atoms with E-state index in [1.807, 2.05) is 6.07 Å². The molecule has 3 heterocycles. The lowest BCUT2D eigenvalue weighted by Crippen LogP contribution is -2.35. The molecule has 1 atom stereocenters. The molecular formula is C28H34N2O3S. The smallest absolute Gasteiger partial charge is 0.339 e. The Balaban J connectivity index is 1.17. The van der Waals surface area contributed by atoms with E-state index in [0.29, 0.717) is 18.3 Å². The van der Waals surface area contributed by atoms with Crippen LogP contribution in [-0.4, -0.2) is 58.3 Å². The monoisotopic (exact) mass is 478 g/mol. The van der Waals surface area contributed by atoms with E-state index in [9.17, 15) is 9.90 Å². The third-order valence-electron chi connectivity index (χ3n) is 7.43. The molecule has 0 radical (unpaired) electrons. The van der Waals surface area contributed by atoms with E-state index in [1.165, 1.54) is 40.8 Å². The van der Waals surface area contributed by atoms with Gasteiger partial charge in [0.1, 0.15) is 17.9 Å². The van der Waals surface area contributed by atoms with Gasteiger partial charge in [0.2, 0.25) is 0 Å². The first-order valence-corrected chi connectivity index (χ1v) is 13.7. The summed E-state index contributed by atoms with van der Waals surface area (Å²) in [7, 11) is 0. The number of fused-ring (bicyclic) bond motifs is 1. The Hall–Kier alpha value is -2.44. The third-order valence-corrected chi connectivity index (χ3v) is 8.66. The molecule has 5 nitrogen and oxygen atoms in total. The number of aromatic nitrogens is 1. The summed E-state index contributed by atoms with van der Waals surface area (Å²) < 4.78 is 8.32. The molecule has 0 bridgehead atoms. The molecule has 0 aliphatic carbocycles. The molecule has 180 valence electrons. The average molecular weight is 479 g/mol. The predicted molar refractivity (Wildman–Crippen MR) is 139 cm³/mol. The van der Waals surface area contributed by atoms with Gasteiger partial charge >= 0.3 is 5.97 Å².